The van der Waals surface area contributed by atoms with E-state index in [1.165, 1.54) is 28.6 Å². The molecule has 2 aromatic rings. The number of nitrogens with one attached hydrogen (secondary N) is 1. The van der Waals surface area contributed by atoms with Crippen LogP contribution in [0.2, 0.25) is 0 Å². The van der Waals surface area contributed by atoms with Crippen LogP contribution in [0.4, 0.5) is 10.1 Å². The number of carbonyl (C=O) groups is 1. The standard InChI is InChI=1S/C20H23FN2O3S/c1-15-5-2-3-7-19(15)22-20(24)17-6-4-12-23(13-17)27(25,26)14-16-8-10-18(21)11-9-16/h2-3,5,7-11,17H,4,6,12-14H2,1H3,(H,22,24). The van der Waals surface area contributed by atoms with Crippen LogP contribution in [-0.2, 0) is 20.6 Å². The highest BCUT2D eigenvalue weighted by atomic mass is 32.2. The highest BCUT2D eigenvalue weighted by Crippen LogP contribution is 2.23. The van der Waals surface area contributed by atoms with Crippen LogP contribution in [0, 0.1) is 18.7 Å². The molecule has 0 bridgehead atoms. The third-order valence-corrected chi connectivity index (χ3v) is 6.63. The number of hydrogen-bond acceptors (Lipinski definition) is 3. The predicted octanol–water partition coefficient (Wildman–Crippen LogP) is 3.31. The second kappa shape index (κ2) is 8.19. The van der Waals surface area contributed by atoms with Gasteiger partial charge in [-0.25, -0.2) is 17.1 Å². The van der Waals surface area contributed by atoms with Crippen LogP contribution < -0.4 is 5.32 Å². The summed E-state index contributed by atoms with van der Waals surface area (Å²) in [5.74, 6) is -1.14. The van der Waals surface area contributed by atoms with Crippen molar-refractivity contribution in [3.63, 3.8) is 0 Å². The summed E-state index contributed by atoms with van der Waals surface area (Å²) in [6.45, 7) is 2.48. The van der Waals surface area contributed by atoms with E-state index in [0.717, 1.165) is 11.3 Å². The Labute approximate surface area is 159 Å². The quantitative estimate of drug-likeness (QED) is 0.852. The van der Waals surface area contributed by atoms with Gasteiger partial charge in [-0.2, -0.15) is 0 Å². The van der Waals surface area contributed by atoms with Crippen LogP contribution >= 0.6 is 0 Å². The van der Waals surface area contributed by atoms with Crippen molar-refractivity contribution >= 4 is 21.6 Å². The molecule has 1 N–H and O–H groups in total. The molecule has 0 radical (unpaired) electrons. The van der Waals surface area contributed by atoms with Gasteiger partial charge in [0, 0.05) is 18.8 Å². The van der Waals surface area contributed by atoms with Crippen molar-refractivity contribution < 1.29 is 17.6 Å². The summed E-state index contributed by atoms with van der Waals surface area (Å²) in [6, 6.07) is 12.9. The van der Waals surface area contributed by atoms with Gasteiger partial charge in [-0.3, -0.25) is 4.79 Å². The van der Waals surface area contributed by atoms with Gasteiger partial charge in [-0.15, -0.1) is 0 Å². The largest absolute Gasteiger partial charge is 0.326 e. The number of halogens is 1. The maximum atomic E-state index is 13.0. The maximum Gasteiger partial charge on any atom is 0.228 e. The fourth-order valence-corrected chi connectivity index (χ4v) is 4.85. The number of anilines is 1. The van der Waals surface area contributed by atoms with E-state index in [1.54, 1.807) is 0 Å². The lowest BCUT2D eigenvalue weighted by atomic mass is 9.98. The Bertz CT molecular complexity index is 913. The van der Waals surface area contributed by atoms with Crippen LogP contribution in [0.5, 0.6) is 0 Å². The fraction of sp³-hybridized carbons (Fsp3) is 0.350. The molecule has 0 spiro atoms. The molecule has 3 rings (SSSR count). The first-order chi connectivity index (χ1) is 12.8. The van der Waals surface area contributed by atoms with Crippen molar-refractivity contribution in [1.29, 1.82) is 0 Å². The minimum Gasteiger partial charge on any atom is -0.326 e. The minimum absolute atomic E-state index is 0.161. The van der Waals surface area contributed by atoms with Crippen molar-refractivity contribution in [3.8, 4) is 0 Å². The normalized spacial score (nSPS) is 18.2. The van der Waals surface area contributed by atoms with Gasteiger partial charge in [-0.1, -0.05) is 30.3 Å². The number of aryl methyl sites for hydroxylation is 1. The zero-order valence-electron chi connectivity index (χ0n) is 15.2. The lowest BCUT2D eigenvalue weighted by molar-refractivity contribution is -0.120. The molecule has 144 valence electrons. The minimum atomic E-state index is -3.57. The Hall–Kier alpha value is -2.25. The van der Waals surface area contributed by atoms with Crippen LogP contribution in [0.3, 0.4) is 0 Å². The second-order valence-electron chi connectivity index (χ2n) is 6.88. The average Bonchev–Trinajstić information content (AvgIpc) is 2.65. The molecular weight excluding hydrogens is 367 g/mol. The molecule has 0 saturated carbocycles. The number of piperidine rings is 1. The number of carbonyl (C=O) groups excluding carboxylic acids is 1. The Morgan fingerprint density at radius 1 is 1.19 bits per heavy atom. The van der Waals surface area contributed by atoms with Gasteiger partial charge >= 0.3 is 0 Å². The highest BCUT2D eigenvalue weighted by Gasteiger charge is 2.32. The Kier molecular flexibility index (Phi) is 5.92. The van der Waals surface area contributed by atoms with E-state index < -0.39 is 15.8 Å². The summed E-state index contributed by atoms with van der Waals surface area (Å²) in [6.07, 6.45) is 1.29. The van der Waals surface area contributed by atoms with E-state index in [0.29, 0.717) is 24.9 Å². The number of sulfonamides is 1. The molecule has 1 atom stereocenters. The lowest BCUT2D eigenvalue weighted by Gasteiger charge is -2.31. The first-order valence-corrected chi connectivity index (χ1v) is 10.5. The van der Waals surface area contributed by atoms with Gasteiger partial charge in [0.1, 0.15) is 5.82 Å². The first kappa shape index (κ1) is 19.5. The van der Waals surface area contributed by atoms with Gasteiger partial charge in [-0.05, 0) is 49.1 Å². The first-order valence-electron chi connectivity index (χ1n) is 8.94. The third kappa shape index (κ3) is 4.93. The SMILES string of the molecule is Cc1ccccc1NC(=O)C1CCCN(S(=O)(=O)Cc2ccc(F)cc2)C1. The second-order valence-corrected chi connectivity index (χ2v) is 8.85. The summed E-state index contributed by atoms with van der Waals surface area (Å²) in [5, 5.41) is 2.91. The number of amides is 1. The molecule has 1 saturated heterocycles. The molecule has 1 heterocycles. The van der Waals surface area contributed by atoms with Crippen molar-refractivity contribution in [2.75, 3.05) is 18.4 Å². The molecule has 0 aliphatic carbocycles. The number of nitrogens with zero attached hydrogens (tertiary/aromatic N) is 1. The molecule has 1 amide bonds. The summed E-state index contributed by atoms with van der Waals surface area (Å²) in [4.78, 5) is 12.6. The van der Waals surface area contributed by atoms with E-state index in [1.807, 2.05) is 31.2 Å². The molecule has 27 heavy (non-hydrogen) atoms. The monoisotopic (exact) mass is 390 g/mol. The van der Waals surface area contributed by atoms with Gasteiger partial charge < -0.3 is 5.32 Å². The Morgan fingerprint density at radius 2 is 1.89 bits per heavy atom. The van der Waals surface area contributed by atoms with Gasteiger partial charge in [0.15, 0.2) is 0 Å². The van der Waals surface area contributed by atoms with Gasteiger partial charge in [0.25, 0.3) is 0 Å². The molecule has 0 aromatic heterocycles. The van der Waals surface area contributed by atoms with Crippen LogP contribution in [0.15, 0.2) is 48.5 Å². The molecule has 2 aromatic carbocycles. The lowest BCUT2D eigenvalue weighted by Crippen LogP contribution is -2.44. The summed E-state index contributed by atoms with van der Waals surface area (Å²) in [7, 11) is -3.57. The topological polar surface area (TPSA) is 66.5 Å². The number of rotatable bonds is 5. The van der Waals surface area contributed by atoms with E-state index in [2.05, 4.69) is 5.32 Å². The van der Waals surface area contributed by atoms with Crippen LogP contribution in [0.25, 0.3) is 0 Å². The van der Waals surface area contributed by atoms with Crippen molar-refractivity contribution in [2.24, 2.45) is 5.92 Å². The average molecular weight is 390 g/mol. The van der Waals surface area contributed by atoms with Crippen LogP contribution in [-0.4, -0.2) is 31.7 Å². The van der Waals surface area contributed by atoms with E-state index in [9.17, 15) is 17.6 Å². The molecule has 5 nitrogen and oxygen atoms in total. The number of para-hydroxylation sites is 1. The summed E-state index contributed by atoms with van der Waals surface area (Å²) in [5.41, 5.74) is 2.24. The van der Waals surface area contributed by atoms with E-state index in [-0.39, 0.29) is 24.1 Å². The third-order valence-electron chi connectivity index (χ3n) is 4.81. The fourth-order valence-electron chi connectivity index (χ4n) is 3.24. The number of benzene rings is 2. The maximum absolute atomic E-state index is 13.0. The van der Waals surface area contributed by atoms with E-state index >= 15 is 0 Å². The zero-order chi connectivity index (χ0) is 19.4. The van der Waals surface area contributed by atoms with Crippen molar-refractivity contribution in [1.82, 2.24) is 4.31 Å². The zero-order valence-corrected chi connectivity index (χ0v) is 16.0. The molecule has 7 heteroatoms. The molecule has 1 unspecified atom stereocenters. The van der Waals surface area contributed by atoms with Crippen LogP contribution in [0.1, 0.15) is 24.0 Å². The summed E-state index contributed by atoms with van der Waals surface area (Å²) < 4.78 is 39.8. The van der Waals surface area contributed by atoms with Gasteiger partial charge in [0.05, 0.1) is 11.7 Å². The predicted molar refractivity (Wildman–Crippen MR) is 103 cm³/mol. The molecule has 1 aliphatic heterocycles. The molecule has 1 fully saturated rings. The Balaban J connectivity index is 1.66. The van der Waals surface area contributed by atoms with Crippen molar-refractivity contribution in [3.05, 3.63) is 65.5 Å². The summed E-state index contributed by atoms with van der Waals surface area (Å²) >= 11 is 0. The Morgan fingerprint density at radius 3 is 2.59 bits per heavy atom. The molecular formula is C20H23FN2O3S. The smallest absolute Gasteiger partial charge is 0.228 e. The molecule has 1 aliphatic rings. The number of hydrogen-bond donors (Lipinski definition) is 1. The van der Waals surface area contributed by atoms with Gasteiger partial charge in [0.2, 0.25) is 15.9 Å². The van der Waals surface area contributed by atoms with Crippen molar-refractivity contribution in [2.45, 2.75) is 25.5 Å². The highest BCUT2D eigenvalue weighted by molar-refractivity contribution is 7.88. The van der Waals surface area contributed by atoms with E-state index in [4.69, 9.17) is 0 Å².